The van der Waals surface area contributed by atoms with Gasteiger partial charge in [-0.25, -0.2) is 4.39 Å². The predicted molar refractivity (Wildman–Crippen MR) is 101 cm³/mol. The first-order chi connectivity index (χ1) is 13.4. The summed E-state index contributed by atoms with van der Waals surface area (Å²) in [4.78, 5) is 25.4. The molecule has 0 saturated carbocycles. The molecule has 9 heteroatoms. The van der Waals surface area contributed by atoms with Crippen molar-refractivity contribution in [1.29, 1.82) is 0 Å². The maximum Gasteiger partial charge on any atom is 0.284 e. The Morgan fingerprint density at radius 1 is 1.32 bits per heavy atom. The maximum atomic E-state index is 12.9. The number of benzene rings is 1. The Hall–Kier alpha value is -3.33. The second-order valence-corrected chi connectivity index (χ2v) is 6.42. The Balaban J connectivity index is 2.15. The molecule has 3 aromatic rings. The quantitative estimate of drug-likeness (QED) is 0.664. The standard InChI is InChI=1S/C19H20FN5O3/c1-12(11-26)22-18(27)16-7-17(14-5-3-13(8-20)4-6-14)23-25(19(16)28)15-9-21-24(2)10-15/h3-7,9-10,12,26H,8,11H2,1-2H3,(H,22,27)/t12-/m0/s1. The van der Waals surface area contributed by atoms with Crippen molar-refractivity contribution in [2.24, 2.45) is 7.05 Å². The number of hydrogen-bond acceptors (Lipinski definition) is 5. The zero-order valence-corrected chi connectivity index (χ0v) is 15.5. The summed E-state index contributed by atoms with van der Waals surface area (Å²) in [6.45, 7) is 0.774. The zero-order chi connectivity index (χ0) is 20.3. The van der Waals surface area contributed by atoms with E-state index < -0.39 is 24.2 Å². The molecule has 0 saturated heterocycles. The molecule has 0 unspecified atom stereocenters. The summed E-state index contributed by atoms with van der Waals surface area (Å²) in [6, 6.07) is 7.45. The van der Waals surface area contributed by atoms with Crippen molar-refractivity contribution in [3.8, 4) is 16.9 Å². The van der Waals surface area contributed by atoms with E-state index in [9.17, 15) is 14.0 Å². The molecule has 2 heterocycles. The van der Waals surface area contributed by atoms with Crippen LogP contribution in [0.5, 0.6) is 0 Å². The van der Waals surface area contributed by atoms with Gasteiger partial charge in [0.2, 0.25) is 0 Å². The largest absolute Gasteiger partial charge is 0.394 e. The fourth-order valence-corrected chi connectivity index (χ4v) is 2.60. The van der Waals surface area contributed by atoms with Crippen LogP contribution in [0.2, 0.25) is 0 Å². The SMILES string of the molecule is C[C@@H](CO)NC(=O)c1cc(-c2ccc(CF)cc2)nn(-c2cnn(C)c2)c1=O. The van der Waals surface area contributed by atoms with Crippen LogP contribution in [0.25, 0.3) is 16.9 Å². The molecular weight excluding hydrogens is 365 g/mol. The minimum absolute atomic E-state index is 0.122. The van der Waals surface area contributed by atoms with Crippen LogP contribution in [-0.4, -0.2) is 43.2 Å². The molecule has 146 valence electrons. The summed E-state index contributed by atoms with van der Waals surface area (Å²) in [5.41, 5.74) is 1.18. The van der Waals surface area contributed by atoms with E-state index >= 15 is 0 Å². The highest BCUT2D eigenvalue weighted by Crippen LogP contribution is 2.19. The lowest BCUT2D eigenvalue weighted by atomic mass is 10.1. The number of alkyl halides is 1. The Bertz CT molecular complexity index is 1040. The molecule has 0 aliphatic heterocycles. The molecule has 0 spiro atoms. The highest BCUT2D eigenvalue weighted by atomic mass is 19.1. The molecule has 0 fully saturated rings. The van der Waals surface area contributed by atoms with Gasteiger partial charge in [0.15, 0.2) is 0 Å². The fourth-order valence-electron chi connectivity index (χ4n) is 2.60. The van der Waals surface area contributed by atoms with Crippen LogP contribution in [0, 0.1) is 0 Å². The Kier molecular flexibility index (Phi) is 5.65. The highest BCUT2D eigenvalue weighted by Gasteiger charge is 2.19. The van der Waals surface area contributed by atoms with E-state index in [1.165, 1.54) is 16.9 Å². The third kappa shape index (κ3) is 3.99. The van der Waals surface area contributed by atoms with Crippen LogP contribution < -0.4 is 10.9 Å². The maximum absolute atomic E-state index is 12.9. The molecule has 2 aromatic heterocycles. The summed E-state index contributed by atoms with van der Waals surface area (Å²) in [7, 11) is 1.70. The number of nitrogens with one attached hydrogen (secondary N) is 1. The van der Waals surface area contributed by atoms with Crippen LogP contribution in [0.4, 0.5) is 4.39 Å². The number of halogens is 1. The van der Waals surface area contributed by atoms with Crippen LogP contribution >= 0.6 is 0 Å². The Morgan fingerprint density at radius 3 is 2.61 bits per heavy atom. The Labute approximate surface area is 160 Å². The van der Waals surface area contributed by atoms with Gasteiger partial charge in [-0.15, -0.1) is 0 Å². The van der Waals surface area contributed by atoms with Crippen molar-refractivity contribution in [3.05, 3.63) is 64.2 Å². The number of rotatable bonds is 6. The molecule has 1 aromatic carbocycles. The van der Waals surface area contributed by atoms with Gasteiger partial charge in [-0.05, 0) is 18.6 Å². The van der Waals surface area contributed by atoms with Crippen molar-refractivity contribution < 1.29 is 14.3 Å². The third-order valence-electron chi connectivity index (χ3n) is 4.15. The van der Waals surface area contributed by atoms with Gasteiger partial charge >= 0.3 is 0 Å². The van der Waals surface area contributed by atoms with Gasteiger partial charge in [0.25, 0.3) is 11.5 Å². The number of hydrogen-bond donors (Lipinski definition) is 2. The summed E-state index contributed by atoms with van der Waals surface area (Å²) < 4.78 is 15.4. The van der Waals surface area contributed by atoms with Crippen molar-refractivity contribution in [2.45, 2.75) is 19.6 Å². The lowest BCUT2D eigenvalue weighted by Crippen LogP contribution is -2.39. The van der Waals surface area contributed by atoms with E-state index in [0.717, 1.165) is 4.68 Å². The average molecular weight is 385 g/mol. The number of nitrogens with zero attached hydrogens (tertiary/aromatic N) is 4. The number of aryl methyl sites for hydroxylation is 1. The third-order valence-corrected chi connectivity index (χ3v) is 4.15. The van der Waals surface area contributed by atoms with Crippen molar-refractivity contribution in [2.75, 3.05) is 6.61 Å². The molecule has 0 aliphatic rings. The molecular formula is C19H20FN5O3. The van der Waals surface area contributed by atoms with E-state index in [0.29, 0.717) is 22.5 Å². The second-order valence-electron chi connectivity index (χ2n) is 6.42. The van der Waals surface area contributed by atoms with Crippen LogP contribution in [0.15, 0.2) is 47.5 Å². The zero-order valence-electron chi connectivity index (χ0n) is 15.5. The first-order valence-corrected chi connectivity index (χ1v) is 8.63. The van der Waals surface area contributed by atoms with E-state index in [-0.39, 0.29) is 12.2 Å². The number of aliphatic hydroxyl groups is 1. The minimum atomic E-state index is -0.617. The van der Waals surface area contributed by atoms with Gasteiger partial charge in [-0.1, -0.05) is 24.3 Å². The van der Waals surface area contributed by atoms with Crippen molar-refractivity contribution in [1.82, 2.24) is 24.9 Å². The fraction of sp³-hybridized carbons (Fsp3) is 0.263. The molecule has 0 aliphatic carbocycles. The lowest BCUT2D eigenvalue weighted by Gasteiger charge is -2.13. The molecule has 2 N–H and O–H groups in total. The Morgan fingerprint density at radius 2 is 2.04 bits per heavy atom. The highest BCUT2D eigenvalue weighted by molar-refractivity contribution is 5.95. The molecule has 0 radical (unpaired) electrons. The number of aliphatic hydroxyl groups excluding tert-OH is 1. The summed E-state index contributed by atoms with van der Waals surface area (Å²) in [5.74, 6) is -0.617. The minimum Gasteiger partial charge on any atom is -0.394 e. The molecule has 3 rings (SSSR count). The predicted octanol–water partition coefficient (Wildman–Crippen LogP) is 1.21. The van der Waals surface area contributed by atoms with Gasteiger partial charge in [-0.3, -0.25) is 14.3 Å². The second kappa shape index (κ2) is 8.13. The van der Waals surface area contributed by atoms with Gasteiger partial charge in [-0.2, -0.15) is 14.9 Å². The number of amides is 1. The van der Waals surface area contributed by atoms with E-state index in [2.05, 4.69) is 15.5 Å². The van der Waals surface area contributed by atoms with Crippen molar-refractivity contribution in [3.63, 3.8) is 0 Å². The van der Waals surface area contributed by atoms with Crippen molar-refractivity contribution >= 4 is 5.91 Å². The lowest BCUT2D eigenvalue weighted by molar-refractivity contribution is 0.0920. The summed E-state index contributed by atoms with van der Waals surface area (Å²) in [6.07, 6.45) is 3.06. The summed E-state index contributed by atoms with van der Waals surface area (Å²) >= 11 is 0. The van der Waals surface area contributed by atoms with Crippen LogP contribution in [0.3, 0.4) is 0 Å². The van der Waals surface area contributed by atoms with E-state index in [1.807, 2.05) is 0 Å². The molecule has 0 bridgehead atoms. The topological polar surface area (TPSA) is 102 Å². The van der Waals surface area contributed by atoms with E-state index in [4.69, 9.17) is 5.11 Å². The first-order valence-electron chi connectivity index (χ1n) is 8.63. The smallest absolute Gasteiger partial charge is 0.284 e. The van der Waals surface area contributed by atoms with Crippen LogP contribution in [0.1, 0.15) is 22.8 Å². The number of aromatic nitrogens is 4. The summed E-state index contributed by atoms with van der Waals surface area (Å²) in [5, 5.41) is 20.1. The monoisotopic (exact) mass is 385 g/mol. The molecule has 28 heavy (non-hydrogen) atoms. The van der Waals surface area contributed by atoms with Gasteiger partial charge in [0.1, 0.15) is 17.9 Å². The molecule has 1 atom stereocenters. The normalized spacial score (nSPS) is 12.0. The first kappa shape index (κ1) is 19.4. The molecule has 1 amide bonds. The van der Waals surface area contributed by atoms with Gasteiger partial charge in [0, 0.05) is 18.7 Å². The number of carbonyl (C=O) groups is 1. The van der Waals surface area contributed by atoms with E-state index in [1.54, 1.807) is 44.4 Å². The number of carbonyl (C=O) groups excluding carboxylic acids is 1. The van der Waals surface area contributed by atoms with Gasteiger partial charge < -0.3 is 10.4 Å². The van der Waals surface area contributed by atoms with Crippen LogP contribution in [-0.2, 0) is 13.7 Å². The van der Waals surface area contributed by atoms with Gasteiger partial charge in [0.05, 0.1) is 24.7 Å². The average Bonchev–Trinajstić information content (AvgIpc) is 3.14. The molecule has 8 nitrogen and oxygen atoms in total.